The van der Waals surface area contributed by atoms with Crippen LogP contribution in [0.4, 0.5) is 0 Å². The normalized spacial score (nSPS) is 21.9. The highest BCUT2D eigenvalue weighted by atomic mass is 32.2. The van der Waals surface area contributed by atoms with Crippen LogP contribution in [0.2, 0.25) is 0 Å². The van der Waals surface area contributed by atoms with Gasteiger partial charge in [0.15, 0.2) is 0 Å². The van der Waals surface area contributed by atoms with Crippen molar-refractivity contribution in [3.63, 3.8) is 0 Å². The molecule has 3 heteroatoms. The maximum atomic E-state index is 12.2. The molecule has 0 saturated heterocycles. The fourth-order valence-electron chi connectivity index (χ4n) is 2.18. The highest BCUT2D eigenvalue weighted by Gasteiger charge is 2.43. The Labute approximate surface area is 122 Å². The van der Waals surface area contributed by atoms with Crippen molar-refractivity contribution in [3.8, 4) is 0 Å². The summed E-state index contributed by atoms with van der Waals surface area (Å²) in [6.45, 7) is 1.98. The van der Waals surface area contributed by atoms with Gasteiger partial charge in [0.2, 0.25) is 10.7 Å². The van der Waals surface area contributed by atoms with Gasteiger partial charge >= 0.3 is 0 Å². The topological polar surface area (TPSA) is 37.3 Å². The summed E-state index contributed by atoms with van der Waals surface area (Å²) in [6.07, 6.45) is 1.53. The highest BCUT2D eigenvalue weighted by Crippen LogP contribution is 2.49. The Hall–Kier alpha value is -1.84. The molecule has 1 unspecified atom stereocenters. The van der Waals surface area contributed by atoms with Crippen LogP contribution in [0, 0.1) is 6.92 Å². The molecule has 2 aromatic carbocycles. The second-order valence-corrected chi connectivity index (χ2v) is 6.09. The molecule has 0 amide bonds. The number of carbonyl (C=O) groups excluding carboxylic acids is 1. The zero-order chi connectivity index (χ0) is 14.2. The van der Waals surface area contributed by atoms with Crippen molar-refractivity contribution in [2.24, 2.45) is 0 Å². The molecule has 1 N–H and O–H groups in total. The van der Waals surface area contributed by atoms with Crippen LogP contribution in [0.25, 0.3) is 4.91 Å². The molecule has 0 aromatic heterocycles. The Morgan fingerprint density at radius 1 is 1.00 bits per heavy atom. The smallest absolute Gasteiger partial charge is 0.204 e. The number of thioether (sulfide) groups is 1. The van der Waals surface area contributed by atoms with Gasteiger partial charge in [-0.25, -0.2) is 0 Å². The molecule has 1 heterocycles. The van der Waals surface area contributed by atoms with Crippen molar-refractivity contribution >= 4 is 22.5 Å². The number of aliphatic hydroxyl groups is 1. The summed E-state index contributed by atoms with van der Waals surface area (Å²) < 4.78 is 0. The van der Waals surface area contributed by atoms with Crippen molar-refractivity contribution in [3.05, 3.63) is 77.4 Å². The Morgan fingerprint density at radius 2 is 1.65 bits per heavy atom. The third-order valence-corrected chi connectivity index (χ3v) is 4.66. The zero-order valence-electron chi connectivity index (χ0n) is 11.0. The van der Waals surface area contributed by atoms with Crippen molar-refractivity contribution in [2.75, 3.05) is 0 Å². The number of benzene rings is 2. The number of ketones is 1. The molecule has 3 rings (SSSR count). The standard InChI is InChI=1S/C17H14O2S/c1-12-7-9-14(10-8-12)17(19)16(18)11-15(20-17)13-5-3-2-4-6-13/h2-11,19H,1H3. The highest BCUT2D eigenvalue weighted by molar-refractivity contribution is 8.10. The summed E-state index contributed by atoms with van der Waals surface area (Å²) in [5, 5.41) is 10.7. The van der Waals surface area contributed by atoms with E-state index >= 15 is 0 Å². The van der Waals surface area contributed by atoms with Gasteiger partial charge in [0.05, 0.1) is 0 Å². The minimum absolute atomic E-state index is 0.273. The molecule has 2 aromatic rings. The van der Waals surface area contributed by atoms with Gasteiger partial charge in [-0.1, -0.05) is 71.9 Å². The minimum Gasteiger partial charge on any atom is -0.368 e. The van der Waals surface area contributed by atoms with Crippen molar-refractivity contribution in [1.29, 1.82) is 0 Å². The average molecular weight is 282 g/mol. The lowest BCUT2D eigenvalue weighted by atomic mass is 10.0. The van der Waals surface area contributed by atoms with Gasteiger partial charge in [-0.05, 0) is 18.6 Å². The lowest BCUT2D eigenvalue weighted by Crippen LogP contribution is -2.27. The van der Waals surface area contributed by atoms with E-state index in [1.165, 1.54) is 17.8 Å². The maximum absolute atomic E-state index is 12.2. The number of hydrogen-bond acceptors (Lipinski definition) is 3. The van der Waals surface area contributed by atoms with E-state index < -0.39 is 4.93 Å². The Balaban J connectivity index is 1.95. The first-order valence-electron chi connectivity index (χ1n) is 6.40. The predicted octanol–water partition coefficient (Wildman–Crippen LogP) is 3.50. The first kappa shape index (κ1) is 13.2. The van der Waals surface area contributed by atoms with Gasteiger partial charge in [-0.3, -0.25) is 4.79 Å². The molecule has 0 saturated carbocycles. The van der Waals surface area contributed by atoms with E-state index in [1.807, 2.05) is 61.5 Å². The zero-order valence-corrected chi connectivity index (χ0v) is 11.9. The monoisotopic (exact) mass is 282 g/mol. The van der Waals surface area contributed by atoms with E-state index in [-0.39, 0.29) is 5.78 Å². The van der Waals surface area contributed by atoms with Gasteiger partial charge < -0.3 is 5.11 Å². The molecule has 0 radical (unpaired) electrons. The van der Waals surface area contributed by atoms with Gasteiger partial charge in [0, 0.05) is 10.5 Å². The molecular formula is C17H14O2S. The molecule has 2 nitrogen and oxygen atoms in total. The summed E-state index contributed by atoms with van der Waals surface area (Å²) in [5.74, 6) is -0.273. The number of aryl methyl sites for hydroxylation is 1. The van der Waals surface area contributed by atoms with Crippen molar-refractivity contribution in [2.45, 2.75) is 11.9 Å². The first-order valence-corrected chi connectivity index (χ1v) is 7.21. The van der Waals surface area contributed by atoms with Crippen LogP contribution < -0.4 is 0 Å². The van der Waals surface area contributed by atoms with Gasteiger partial charge in [0.25, 0.3) is 0 Å². The van der Waals surface area contributed by atoms with E-state index in [9.17, 15) is 9.90 Å². The van der Waals surface area contributed by atoms with Crippen LogP contribution in [0.5, 0.6) is 0 Å². The van der Waals surface area contributed by atoms with E-state index in [2.05, 4.69) is 0 Å². The number of hydrogen-bond donors (Lipinski definition) is 1. The molecule has 1 atom stereocenters. The molecule has 1 aliphatic heterocycles. The number of carbonyl (C=O) groups is 1. The fourth-order valence-corrected chi connectivity index (χ4v) is 3.33. The average Bonchev–Trinajstić information content (AvgIpc) is 2.78. The van der Waals surface area contributed by atoms with Crippen molar-refractivity contribution < 1.29 is 9.90 Å². The SMILES string of the molecule is Cc1ccc(C2(O)SC(c3ccccc3)=CC2=O)cc1. The van der Waals surface area contributed by atoms with Crippen LogP contribution >= 0.6 is 11.8 Å². The van der Waals surface area contributed by atoms with Gasteiger partial charge in [0.1, 0.15) is 0 Å². The van der Waals surface area contributed by atoms with Crippen LogP contribution in [0.3, 0.4) is 0 Å². The Morgan fingerprint density at radius 3 is 2.30 bits per heavy atom. The van der Waals surface area contributed by atoms with Gasteiger partial charge in [-0.2, -0.15) is 0 Å². The molecule has 0 bridgehead atoms. The molecule has 1 aliphatic rings. The van der Waals surface area contributed by atoms with E-state index in [4.69, 9.17) is 0 Å². The molecule has 0 fully saturated rings. The van der Waals surface area contributed by atoms with Gasteiger partial charge in [-0.15, -0.1) is 0 Å². The summed E-state index contributed by atoms with van der Waals surface area (Å²) in [4.78, 5) is 11.5. The second kappa shape index (κ2) is 4.93. The Kier molecular flexibility index (Phi) is 3.24. The predicted molar refractivity (Wildman–Crippen MR) is 82.1 cm³/mol. The van der Waals surface area contributed by atoms with E-state index in [1.54, 1.807) is 0 Å². The third-order valence-electron chi connectivity index (χ3n) is 3.35. The molecule has 0 aliphatic carbocycles. The summed E-state index contributed by atoms with van der Waals surface area (Å²) in [5.41, 5.74) is 2.68. The second-order valence-electron chi connectivity index (χ2n) is 4.85. The Bertz CT molecular complexity index is 674. The quantitative estimate of drug-likeness (QED) is 0.916. The number of rotatable bonds is 2. The molecule has 0 spiro atoms. The van der Waals surface area contributed by atoms with Crippen LogP contribution in [-0.4, -0.2) is 10.9 Å². The van der Waals surface area contributed by atoms with Crippen LogP contribution in [0.1, 0.15) is 16.7 Å². The lowest BCUT2D eigenvalue weighted by Gasteiger charge is -2.21. The molecule has 20 heavy (non-hydrogen) atoms. The van der Waals surface area contributed by atoms with Crippen LogP contribution in [-0.2, 0) is 9.73 Å². The summed E-state index contributed by atoms with van der Waals surface area (Å²) >= 11 is 1.20. The lowest BCUT2D eigenvalue weighted by molar-refractivity contribution is -0.124. The summed E-state index contributed by atoms with van der Waals surface area (Å²) in [6, 6.07) is 17.1. The fraction of sp³-hybridized carbons (Fsp3) is 0.118. The summed E-state index contributed by atoms with van der Waals surface area (Å²) in [7, 11) is 0. The van der Waals surface area contributed by atoms with Crippen LogP contribution in [0.15, 0.2) is 60.7 Å². The largest absolute Gasteiger partial charge is 0.368 e. The van der Waals surface area contributed by atoms with Crippen molar-refractivity contribution in [1.82, 2.24) is 0 Å². The first-order chi connectivity index (χ1) is 9.59. The molecular weight excluding hydrogens is 268 g/mol. The third kappa shape index (κ3) is 2.19. The van der Waals surface area contributed by atoms with E-state index in [0.29, 0.717) is 5.56 Å². The maximum Gasteiger partial charge on any atom is 0.204 e. The molecule has 100 valence electrons. The van der Waals surface area contributed by atoms with E-state index in [0.717, 1.165) is 16.0 Å². The minimum atomic E-state index is -1.50.